The molecule has 0 aliphatic heterocycles. The molecule has 0 radical (unpaired) electrons. The Balaban J connectivity index is 3.21. The van der Waals surface area contributed by atoms with Gasteiger partial charge in [-0.25, -0.2) is 13.8 Å². The maximum absolute atomic E-state index is 12.5. The van der Waals surface area contributed by atoms with Crippen LogP contribution in [-0.2, 0) is 11.2 Å². The normalized spacial score (nSPS) is 10.7. The first-order chi connectivity index (χ1) is 6.91. The fraction of sp³-hybridized carbons (Fsp3) is 0.250. The summed E-state index contributed by atoms with van der Waals surface area (Å²) in [6.07, 6.45) is -3.35. The van der Waals surface area contributed by atoms with Gasteiger partial charge in [-0.1, -0.05) is 11.6 Å². The second-order valence-corrected chi connectivity index (χ2v) is 3.83. The van der Waals surface area contributed by atoms with Gasteiger partial charge in [-0.15, -0.1) is 0 Å². The lowest BCUT2D eigenvalue weighted by Gasteiger charge is -2.07. The van der Waals surface area contributed by atoms with Gasteiger partial charge in [-0.2, -0.15) is 0 Å². The van der Waals surface area contributed by atoms with Crippen LogP contribution in [-0.4, -0.2) is 16.1 Å². The first kappa shape index (κ1) is 12.3. The lowest BCUT2D eigenvalue weighted by molar-refractivity contribution is -0.136. The third-order valence-electron chi connectivity index (χ3n) is 1.59. The van der Waals surface area contributed by atoms with Crippen molar-refractivity contribution in [3.8, 4) is 0 Å². The van der Waals surface area contributed by atoms with Gasteiger partial charge in [0.2, 0.25) is 0 Å². The van der Waals surface area contributed by atoms with Crippen molar-refractivity contribution >= 4 is 33.5 Å². The third kappa shape index (κ3) is 3.10. The molecule has 0 aliphatic carbocycles. The van der Waals surface area contributed by atoms with Crippen molar-refractivity contribution in [1.29, 1.82) is 0 Å². The summed E-state index contributed by atoms with van der Waals surface area (Å²) in [6.45, 7) is 0. The molecule has 0 aliphatic rings. The van der Waals surface area contributed by atoms with Gasteiger partial charge in [0, 0.05) is 0 Å². The van der Waals surface area contributed by atoms with E-state index in [9.17, 15) is 13.6 Å². The Bertz CT molecular complexity index is 400. The standard InChI is InChI=1S/C8H5BrClF2NO2/c9-7-4(10)1-3(2-5(14)15)6(13-7)8(11)12/h1,8H,2H2,(H,14,15). The molecule has 0 saturated heterocycles. The Morgan fingerprint density at radius 2 is 2.27 bits per heavy atom. The molecule has 0 unspecified atom stereocenters. The lowest BCUT2D eigenvalue weighted by atomic mass is 10.1. The molecule has 1 N–H and O–H groups in total. The first-order valence-corrected chi connectivity index (χ1v) is 4.93. The maximum atomic E-state index is 12.5. The Hall–Kier alpha value is -0.750. The fourth-order valence-electron chi connectivity index (χ4n) is 1.01. The molecule has 7 heteroatoms. The molecule has 0 spiro atoms. The van der Waals surface area contributed by atoms with E-state index >= 15 is 0 Å². The molecule has 1 rings (SSSR count). The van der Waals surface area contributed by atoms with Crippen molar-refractivity contribution in [1.82, 2.24) is 4.98 Å². The van der Waals surface area contributed by atoms with Gasteiger partial charge in [-0.05, 0) is 27.6 Å². The molecule has 0 bridgehead atoms. The number of carboxylic acids is 1. The van der Waals surface area contributed by atoms with Gasteiger partial charge in [-0.3, -0.25) is 4.79 Å². The van der Waals surface area contributed by atoms with Gasteiger partial charge >= 0.3 is 5.97 Å². The molecule has 15 heavy (non-hydrogen) atoms. The van der Waals surface area contributed by atoms with Crippen LogP contribution >= 0.6 is 27.5 Å². The topological polar surface area (TPSA) is 50.2 Å². The highest BCUT2D eigenvalue weighted by Crippen LogP contribution is 2.28. The van der Waals surface area contributed by atoms with E-state index in [-0.39, 0.29) is 15.2 Å². The van der Waals surface area contributed by atoms with Gasteiger partial charge in [0.15, 0.2) is 0 Å². The quantitative estimate of drug-likeness (QED) is 0.873. The molecule has 0 amide bonds. The van der Waals surface area contributed by atoms with Crippen molar-refractivity contribution < 1.29 is 18.7 Å². The average Bonchev–Trinajstić information content (AvgIpc) is 2.09. The SMILES string of the molecule is O=C(O)Cc1cc(Cl)c(Br)nc1C(F)F. The second kappa shape index (κ2) is 4.85. The van der Waals surface area contributed by atoms with Crippen molar-refractivity contribution in [3.05, 3.63) is 26.9 Å². The molecule has 0 fully saturated rings. The van der Waals surface area contributed by atoms with E-state index in [0.717, 1.165) is 0 Å². The monoisotopic (exact) mass is 299 g/mol. The number of carbonyl (C=O) groups is 1. The number of aliphatic carboxylic acids is 1. The van der Waals surface area contributed by atoms with Crippen molar-refractivity contribution in [3.63, 3.8) is 0 Å². The number of carboxylic acid groups (broad SMARTS) is 1. The zero-order chi connectivity index (χ0) is 11.6. The highest BCUT2D eigenvalue weighted by Gasteiger charge is 2.19. The number of halogens is 4. The molecule has 1 aromatic heterocycles. The number of hydrogen-bond donors (Lipinski definition) is 1. The largest absolute Gasteiger partial charge is 0.481 e. The molecular weight excluding hydrogens is 295 g/mol. The third-order valence-corrected chi connectivity index (χ3v) is 2.71. The number of hydrogen-bond acceptors (Lipinski definition) is 2. The Kier molecular flexibility index (Phi) is 3.98. The van der Waals surface area contributed by atoms with Crippen LogP contribution in [0.25, 0.3) is 0 Å². The minimum atomic E-state index is -2.83. The number of pyridine rings is 1. The molecule has 3 nitrogen and oxygen atoms in total. The number of alkyl halides is 2. The molecule has 82 valence electrons. The predicted octanol–water partition coefficient (Wildman–Crippen LogP) is 3.06. The summed E-state index contributed by atoms with van der Waals surface area (Å²) in [7, 11) is 0. The number of rotatable bonds is 3. The highest BCUT2D eigenvalue weighted by atomic mass is 79.9. The minimum Gasteiger partial charge on any atom is -0.481 e. The van der Waals surface area contributed by atoms with Crippen LogP contribution in [0.4, 0.5) is 8.78 Å². The zero-order valence-corrected chi connectivity index (χ0v) is 9.52. The van der Waals surface area contributed by atoms with E-state index in [2.05, 4.69) is 20.9 Å². The summed E-state index contributed by atoms with van der Waals surface area (Å²) >= 11 is 8.52. The summed E-state index contributed by atoms with van der Waals surface area (Å²) in [6, 6.07) is 1.17. The van der Waals surface area contributed by atoms with Gasteiger partial charge in [0.25, 0.3) is 6.43 Å². The molecule has 0 atom stereocenters. The van der Waals surface area contributed by atoms with E-state index < -0.39 is 24.5 Å². The Morgan fingerprint density at radius 3 is 2.73 bits per heavy atom. The summed E-state index contributed by atoms with van der Waals surface area (Å²) in [5.41, 5.74) is -0.639. The predicted molar refractivity (Wildman–Crippen MR) is 53.2 cm³/mol. The van der Waals surface area contributed by atoms with Gasteiger partial charge in [0.1, 0.15) is 10.3 Å². The van der Waals surface area contributed by atoms with E-state index in [4.69, 9.17) is 16.7 Å². The number of nitrogens with zero attached hydrogens (tertiary/aromatic N) is 1. The van der Waals surface area contributed by atoms with E-state index in [1.165, 1.54) is 6.07 Å². The Labute approximate surface area is 97.2 Å². The van der Waals surface area contributed by atoms with E-state index in [1.54, 1.807) is 0 Å². The van der Waals surface area contributed by atoms with Crippen molar-refractivity contribution in [2.24, 2.45) is 0 Å². The number of aromatic nitrogens is 1. The van der Waals surface area contributed by atoms with Crippen molar-refractivity contribution in [2.75, 3.05) is 0 Å². The molecule has 1 heterocycles. The van der Waals surface area contributed by atoms with Crippen LogP contribution in [0.2, 0.25) is 5.02 Å². The summed E-state index contributed by atoms with van der Waals surface area (Å²) in [5.74, 6) is -1.21. The van der Waals surface area contributed by atoms with Crippen LogP contribution in [0.5, 0.6) is 0 Å². The van der Waals surface area contributed by atoms with Gasteiger partial charge in [0.05, 0.1) is 11.4 Å². The van der Waals surface area contributed by atoms with E-state index in [0.29, 0.717) is 0 Å². The molecular formula is C8H5BrClF2NO2. The molecule has 1 aromatic rings. The average molecular weight is 300 g/mol. The summed E-state index contributed by atoms with van der Waals surface area (Å²) in [4.78, 5) is 13.9. The lowest BCUT2D eigenvalue weighted by Crippen LogP contribution is -2.06. The highest BCUT2D eigenvalue weighted by molar-refractivity contribution is 9.10. The molecule has 0 saturated carbocycles. The fourth-order valence-corrected chi connectivity index (χ4v) is 1.49. The summed E-state index contributed by atoms with van der Waals surface area (Å²) in [5, 5.41) is 8.61. The van der Waals surface area contributed by atoms with Crippen LogP contribution in [0, 0.1) is 0 Å². The van der Waals surface area contributed by atoms with Gasteiger partial charge < -0.3 is 5.11 Å². The summed E-state index contributed by atoms with van der Waals surface area (Å²) < 4.78 is 25.0. The zero-order valence-electron chi connectivity index (χ0n) is 7.18. The second-order valence-electron chi connectivity index (χ2n) is 2.68. The van der Waals surface area contributed by atoms with Crippen LogP contribution < -0.4 is 0 Å². The van der Waals surface area contributed by atoms with Crippen LogP contribution in [0.3, 0.4) is 0 Å². The minimum absolute atomic E-state index is 0.0774. The smallest absolute Gasteiger partial charge is 0.307 e. The van der Waals surface area contributed by atoms with Crippen molar-refractivity contribution in [2.45, 2.75) is 12.8 Å². The first-order valence-electron chi connectivity index (χ1n) is 3.76. The van der Waals surface area contributed by atoms with E-state index in [1.807, 2.05) is 0 Å². The maximum Gasteiger partial charge on any atom is 0.307 e. The molecule has 0 aromatic carbocycles. The Morgan fingerprint density at radius 1 is 1.67 bits per heavy atom. The van der Waals surface area contributed by atoms with Crippen LogP contribution in [0.1, 0.15) is 17.7 Å². The van der Waals surface area contributed by atoms with Crippen LogP contribution in [0.15, 0.2) is 10.7 Å².